The molecule has 1 aliphatic carbocycles. The van der Waals surface area contributed by atoms with E-state index in [9.17, 15) is 9.18 Å². The van der Waals surface area contributed by atoms with Crippen molar-refractivity contribution < 1.29 is 9.18 Å². The third kappa shape index (κ3) is 9.41. The Balaban J connectivity index is 2.27. The summed E-state index contributed by atoms with van der Waals surface area (Å²) >= 11 is 0. The Morgan fingerprint density at radius 1 is 1.24 bits per heavy atom. The number of amides is 1. The van der Waals surface area contributed by atoms with Crippen molar-refractivity contribution in [1.29, 1.82) is 0 Å². The number of allylic oxidation sites excluding steroid dienone is 11. The monoisotopic (exact) mass is 522 g/mol. The number of nitrogens with one attached hydrogen (secondary N) is 1. The van der Waals surface area contributed by atoms with Crippen LogP contribution in [0.15, 0.2) is 66.6 Å². The van der Waals surface area contributed by atoms with Crippen molar-refractivity contribution in [1.82, 2.24) is 19.7 Å². The Hall–Kier alpha value is -2.96. The van der Waals surface area contributed by atoms with Gasteiger partial charge in [-0.2, -0.15) is 0 Å². The zero-order valence-corrected chi connectivity index (χ0v) is 24.3. The molecule has 38 heavy (non-hydrogen) atoms. The Morgan fingerprint density at radius 2 is 2.00 bits per heavy atom. The van der Waals surface area contributed by atoms with Gasteiger partial charge in [-0.15, -0.1) is 0 Å². The first-order valence-corrected chi connectivity index (χ1v) is 13.7. The van der Waals surface area contributed by atoms with Crippen LogP contribution in [0.1, 0.15) is 60.4 Å². The molecule has 0 spiro atoms. The summed E-state index contributed by atoms with van der Waals surface area (Å²) in [4.78, 5) is 18.1. The quantitative estimate of drug-likeness (QED) is 0.222. The number of aromatic nitrogens is 1. The molecule has 1 N–H and O–H groups in total. The highest BCUT2D eigenvalue weighted by Gasteiger charge is 2.24. The smallest absolute Gasteiger partial charge is 0.253 e. The summed E-state index contributed by atoms with van der Waals surface area (Å²) in [7, 11) is 6.16. The average Bonchev–Trinajstić information content (AvgIpc) is 3.00. The van der Waals surface area contributed by atoms with E-state index in [-0.39, 0.29) is 18.2 Å². The summed E-state index contributed by atoms with van der Waals surface area (Å²) < 4.78 is 16.0. The van der Waals surface area contributed by atoms with E-state index in [1.807, 2.05) is 44.4 Å². The standard InChI is InChI=1S/C32H47FN4O/c1-8-10-14-25(3)15-11-18-29-30(32(38)34-21-13-22-37(9-2)24-23-35(5)6)26(4)36(7)31(29)27-16-12-17-28(33)20-19-27/h8,10,12,14-16,19-20H,1,9,11,13,17-18,21-24H2,2-7H3,(H,34,38)/b14-10-,25-15-. The number of nitrogens with zero attached hydrogens (tertiary/aromatic N) is 3. The predicted molar refractivity (Wildman–Crippen MR) is 160 cm³/mol. The van der Waals surface area contributed by atoms with Crippen molar-refractivity contribution in [2.75, 3.05) is 46.8 Å². The van der Waals surface area contributed by atoms with Gasteiger partial charge >= 0.3 is 0 Å². The zero-order valence-electron chi connectivity index (χ0n) is 24.3. The van der Waals surface area contributed by atoms with Gasteiger partial charge in [0.25, 0.3) is 5.91 Å². The van der Waals surface area contributed by atoms with Gasteiger partial charge in [-0.3, -0.25) is 4.79 Å². The minimum absolute atomic E-state index is 0.0390. The summed E-state index contributed by atoms with van der Waals surface area (Å²) in [5, 5.41) is 3.18. The molecular formula is C32H47FN4O. The topological polar surface area (TPSA) is 40.5 Å². The maximum atomic E-state index is 14.0. The number of likely N-dealkylation sites (N-methyl/N-ethyl adjacent to an activating group) is 2. The molecule has 208 valence electrons. The van der Waals surface area contributed by atoms with Crippen molar-refractivity contribution in [3.63, 3.8) is 0 Å². The molecule has 1 aromatic rings. The molecule has 1 aliphatic rings. The fourth-order valence-electron chi connectivity index (χ4n) is 4.64. The summed E-state index contributed by atoms with van der Waals surface area (Å²) in [6.07, 6.45) is 17.7. The number of hydrogen-bond donors (Lipinski definition) is 1. The summed E-state index contributed by atoms with van der Waals surface area (Å²) in [6, 6.07) is 0. The highest BCUT2D eigenvalue weighted by molar-refractivity contribution is 5.99. The van der Waals surface area contributed by atoms with Gasteiger partial charge in [0.2, 0.25) is 0 Å². The second-order valence-corrected chi connectivity index (χ2v) is 10.1. The van der Waals surface area contributed by atoms with Crippen LogP contribution in [0.5, 0.6) is 0 Å². The molecule has 0 radical (unpaired) electrons. The lowest BCUT2D eigenvalue weighted by Gasteiger charge is -2.22. The van der Waals surface area contributed by atoms with E-state index in [1.165, 1.54) is 6.08 Å². The molecule has 2 rings (SSSR count). The van der Waals surface area contributed by atoms with Gasteiger partial charge in [0, 0.05) is 38.8 Å². The second kappa shape index (κ2) is 16.1. The Kier molecular flexibility index (Phi) is 13.2. The van der Waals surface area contributed by atoms with Crippen LogP contribution >= 0.6 is 0 Å². The molecule has 0 atom stereocenters. The van der Waals surface area contributed by atoms with Crippen molar-refractivity contribution in [2.45, 2.75) is 46.5 Å². The van der Waals surface area contributed by atoms with E-state index in [2.05, 4.69) is 60.3 Å². The molecule has 0 saturated carbocycles. The Morgan fingerprint density at radius 3 is 2.68 bits per heavy atom. The predicted octanol–water partition coefficient (Wildman–Crippen LogP) is 6.15. The summed E-state index contributed by atoms with van der Waals surface area (Å²) in [6.45, 7) is 14.6. The maximum absolute atomic E-state index is 14.0. The van der Waals surface area contributed by atoms with Gasteiger partial charge < -0.3 is 19.7 Å². The van der Waals surface area contributed by atoms with Crippen LogP contribution in [0.4, 0.5) is 4.39 Å². The highest BCUT2D eigenvalue weighted by Crippen LogP contribution is 2.31. The molecule has 0 aliphatic heterocycles. The van der Waals surface area contributed by atoms with E-state index >= 15 is 0 Å². The largest absolute Gasteiger partial charge is 0.352 e. The number of carbonyl (C=O) groups excluding carboxylic acids is 1. The minimum Gasteiger partial charge on any atom is -0.352 e. The van der Waals surface area contributed by atoms with Crippen LogP contribution in [0.3, 0.4) is 0 Å². The molecule has 0 unspecified atom stereocenters. The van der Waals surface area contributed by atoms with Gasteiger partial charge in [-0.1, -0.05) is 61.6 Å². The van der Waals surface area contributed by atoms with Crippen LogP contribution in [0.2, 0.25) is 0 Å². The Labute approximate surface area is 229 Å². The van der Waals surface area contributed by atoms with Gasteiger partial charge in [-0.05, 0) is 77.5 Å². The van der Waals surface area contributed by atoms with E-state index in [0.29, 0.717) is 13.0 Å². The molecule has 0 bridgehead atoms. The second-order valence-electron chi connectivity index (χ2n) is 10.1. The molecule has 0 fully saturated rings. The van der Waals surface area contributed by atoms with E-state index in [0.717, 1.165) is 72.7 Å². The van der Waals surface area contributed by atoms with Crippen LogP contribution in [-0.2, 0) is 13.5 Å². The normalized spacial score (nSPS) is 14.3. The van der Waals surface area contributed by atoms with E-state index in [1.54, 1.807) is 6.08 Å². The van der Waals surface area contributed by atoms with Gasteiger partial charge in [0.1, 0.15) is 5.83 Å². The summed E-state index contributed by atoms with van der Waals surface area (Å²) in [5.41, 5.74) is 5.71. The lowest BCUT2D eigenvalue weighted by atomic mass is 9.98. The maximum Gasteiger partial charge on any atom is 0.253 e. The van der Waals surface area contributed by atoms with Gasteiger partial charge in [-0.25, -0.2) is 4.39 Å². The van der Waals surface area contributed by atoms with Crippen LogP contribution < -0.4 is 5.32 Å². The average molecular weight is 523 g/mol. The highest BCUT2D eigenvalue weighted by atomic mass is 19.1. The van der Waals surface area contributed by atoms with E-state index in [4.69, 9.17) is 0 Å². The molecule has 1 aromatic heterocycles. The third-order valence-electron chi connectivity index (χ3n) is 6.95. The first kappa shape index (κ1) is 31.3. The van der Waals surface area contributed by atoms with Crippen LogP contribution in [-0.4, -0.2) is 67.1 Å². The first-order valence-electron chi connectivity index (χ1n) is 13.7. The fraction of sp³-hybridized carbons (Fsp3) is 0.469. The van der Waals surface area contributed by atoms with Gasteiger partial charge in [0.05, 0.1) is 11.3 Å². The van der Waals surface area contributed by atoms with E-state index < -0.39 is 0 Å². The lowest BCUT2D eigenvalue weighted by Crippen LogP contribution is -2.34. The van der Waals surface area contributed by atoms with Gasteiger partial charge in [0.15, 0.2) is 0 Å². The van der Waals surface area contributed by atoms with Crippen LogP contribution in [0.25, 0.3) is 5.57 Å². The first-order chi connectivity index (χ1) is 18.2. The zero-order chi connectivity index (χ0) is 28.1. The molecule has 1 amide bonds. The van der Waals surface area contributed by atoms with Crippen molar-refractivity contribution in [3.05, 3.63) is 89.1 Å². The van der Waals surface area contributed by atoms with Crippen molar-refractivity contribution >= 4 is 11.5 Å². The molecule has 0 saturated heterocycles. The molecule has 6 heteroatoms. The van der Waals surface area contributed by atoms with Crippen molar-refractivity contribution in [2.24, 2.45) is 7.05 Å². The van der Waals surface area contributed by atoms with Crippen LogP contribution in [0, 0.1) is 6.92 Å². The fourth-order valence-corrected chi connectivity index (χ4v) is 4.64. The third-order valence-corrected chi connectivity index (χ3v) is 6.95. The molecule has 0 aromatic carbocycles. The number of halogens is 1. The molecule has 5 nitrogen and oxygen atoms in total. The Bertz CT molecular complexity index is 1100. The molecular weight excluding hydrogens is 475 g/mol. The number of rotatable bonds is 15. The number of carbonyl (C=O) groups is 1. The minimum atomic E-state index is -0.166. The number of hydrogen-bond acceptors (Lipinski definition) is 3. The molecule has 1 heterocycles. The van der Waals surface area contributed by atoms with Crippen molar-refractivity contribution in [3.8, 4) is 0 Å². The lowest BCUT2D eigenvalue weighted by molar-refractivity contribution is 0.0950. The summed E-state index contributed by atoms with van der Waals surface area (Å²) in [5.74, 6) is -0.205. The SMILES string of the molecule is C=C/C=C\C(C)=C/CCc1c(C(=O)NCCCN(CC)CCN(C)C)c(C)n(C)c1C1=CC=C(F)CC=C1.